The number of esters is 1. The molecule has 0 aliphatic heterocycles. The van der Waals surface area contributed by atoms with E-state index >= 15 is 0 Å². The van der Waals surface area contributed by atoms with Crippen LogP contribution in [0.1, 0.15) is 41.3 Å². The Morgan fingerprint density at radius 3 is 2.30 bits per heavy atom. The first-order valence-corrected chi connectivity index (χ1v) is 8.62. The third kappa shape index (κ3) is 6.02. The Labute approximate surface area is 157 Å². The summed E-state index contributed by atoms with van der Waals surface area (Å²) in [5.41, 5.74) is 3.05. The monoisotopic (exact) mass is 371 g/mol. The van der Waals surface area contributed by atoms with Gasteiger partial charge in [-0.2, -0.15) is 0 Å². The minimum Gasteiger partial charge on any atom is -0.453 e. The number of hydrogen-bond acceptors (Lipinski definition) is 4. The van der Waals surface area contributed by atoms with E-state index < -0.39 is 23.8 Å². The first-order chi connectivity index (χ1) is 12.8. The molecular formula is C21H22FNO4. The summed E-state index contributed by atoms with van der Waals surface area (Å²) in [4.78, 5) is 36.1. The number of nitrogens with one attached hydrogen (secondary N) is 1. The Morgan fingerprint density at radius 2 is 1.67 bits per heavy atom. The van der Waals surface area contributed by atoms with Gasteiger partial charge in [-0.3, -0.25) is 14.4 Å². The third-order valence-corrected chi connectivity index (χ3v) is 4.17. The lowest BCUT2D eigenvalue weighted by Crippen LogP contribution is -2.30. The number of hydrogen-bond donors (Lipinski definition) is 1. The Hall–Kier alpha value is -3.02. The predicted molar refractivity (Wildman–Crippen MR) is 100 cm³/mol. The smallest absolute Gasteiger partial charge is 0.307 e. The molecule has 142 valence electrons. The van der Waals surface area contributed by atoms with Gasteiger partial charge >= 0.3 is 5.97 Å². The highest BCUT2D eigenvalue weighted by molar-refractivity contribution is 5.98. The molecular weight excluding hydrogens is 349 g/mol. The summed E-state index contributed by atoms with van der Waals surface area (Å²) in [6.45, 7) is 5.31. The fraction of sp³-hybridized carbons (Fsp3) is 0.286. The fourth-order valence-corrected chi connectivity index (χ4v) is 2.36. The average Bonchev–Trinajstić information content (AvgIpc) is 2.63. The van der Waals surface area contributed by atoms with Crippen LogP contribution in [-0.2, 0) is 14.3 Å². The van der Waals surface area contributed by atoms with Crippen LogP contribution in [0.15, 0.2) is 42.5 Å². The number of carbonyl (C=O) groups excluding carboxylic acids is 3. The van der Waals surface area contributed by atoms with Gasteiger partial charge in [0.15, 0.2) is 11.9 Å². The molecule has 0 aromatic heterocycles. The highest BCUT2D eigenvalue weighted by Crippen LogP contribution is 2.13. The Balaban J connectivity index is 1.81. The molecule has 1 N–H and O–H groups in total. The van der Waals surface area contributed by atoms with Crippen LogP contribution in [0.3, 0.4) is 0 Å². The summed E-state index contributed by atoms with van der Waals surface area (Å²) in [5, 5.41) is 2.53. The normalized spacial score (nSPS) is 11.6. The van der Waals surface area contributed by atoms with Crippen molar-refractivity contribution in [2.75, 3.05) is 5.32 Å². The Bertz CT molecular complexity index is 846. The zero-order valence-electron chi connectivity index (χ0n) is 15.5. The zero-order chi connectivity index (χ0) is 20.0. The summed E-state index contributed by atoms with van der Waals surface area (Å²) in [7, 11) is 0. The molecule has 0 unspecified atom stereocenters. The van der Waals surface area contributed by atoms with Crippen molar-refractivity contribution in [2.24, 2.45) is 0 Å². The maximum atomic E-state index is 12.9. The van der Waals surface area contributed by atoms with Gasteiger partial charge in [0.1, 0.15) is 5.82 Å². The van der Waals surface area contributed by atoms with Gasteiger partial charge in [-0.25, -0.2) is 4.39 Å². The summed E-state index contributed by atoms with van der Waals surface area (Å²) < 4.78 is 17.9. The summed E-state index contributed by atoms with van der Waals surface area (Å²) in [5.74, 6) is -1.73. The van der Waals surface area contributed by atoms with Crippen LogP contribution < -0.4 is 5.32 Å². The molecule has 0 saturated heterocycles. The van der Waals surface area contributed by atoms with Crippen LogP contribution in [0.2, 0.25) is 0 Å². The topological polar surface area (TPSA) is 72.5 Å². The largest absolute Gasteiger partial charge is 0.453 e. The van der Waals surface area contributed by atoms with E-state index in [0.29, 0.717) is 11.3 Å². The van der Waals surface area contributed by atoms with E-state index in [4.69, 9.17) is 4.74 Å². The molecule has 0 saturated carbocycles. The number of ether oxygens (including phenoxy) is 1. The highest BCUT2D eigenvalue weighted by Gasteiger charge is 2.19. The second-order valence-corrected chi connectivity index (χ2v) is 6.35. The van der Waals surface area contributed by atoms with Crippen LogP contribution in [0.5, 0.6) is 0 Å². The van der Waals surface area contributed by atoms with Crippen LogP contribution in [-0.4, -0.2) is 23.8 Å². The van der Waals surface area contributed by atoms with Gasteiger partial charge in [-0.1, -0.05) is 12.1 Å². The number of anilines is 1. The SMILES string of the molecule is Cc1ccc(C(=O)CCC(=O)O[C@H](C)C(=O)Nc2ccc(F)cc2)cc1C. The lowest BCUT2D eigenvalue weighted by Gasteiger charge is -2.13. The quantitative estimate of drug-likeness (QED) is 0.590. The van der Waals surface area contributed by atoms with Crippen molar-refractivity contribution in [1.82, 2.24) is 0 Å². The molecule has 0 fully saturated rings. The fourth-order valence-electron chi connectivity index (χ4n) is 2.36. The number of amides is 1. The molecule has 2 aromatic rings. The van der Waals surface area contributed by atoms with E-state index in [0.717, 1.165) is 11.1 Å². The van der Waals surface area contributed by atoms with Gasteiger partial charge in [-0.15, -0.1) is 0 Å². The molecule has 2 rings (SSSR count). The number of benzene rings is 2. The van der Waals surface area contributed by atoms with Crippen LogP contribution >= 0.6 is 0 Å². The number of rotatable bonds is 7. The van der Waals surface area contributed by atoms with E-state index in [2.05, 4.69) is 5.32 Å². The summed E-state index contributed by atoms with van der Waals surface area (Å²) in [6, 6.07) is 10.6. The first-order valence-electron chi connectivity index (χ1n) is 8.62. The molecule has 2 aromatic carbocycles. The number of Topliss-reactive ketones (excluding diaryl/α,β-unsaturated/α-hetero) is 1. The minimum atomic E-state index is -1.03. The van der Waals surface area contributed by atoms with Crippen molar-refractivity contribution < 1.29 is 23.5 Å². The predicted octanol–water partition coefficient (Wildman–Crippen LogP) is 3.98. The van der Waals surface area contributed by atoms with E-state index in [1.807, 2.05) is 19.9 Å². The Kier molecular flexibility index (Phi) is 6.82. The van der Waals surface area contributed by atoms with E-state index in [1.54, 1.807) is 12.1 Å². The number of carbonyl (C=O) groups is 3. The molecule has 0 radical (unpaired) electrons. The first kappa shape index (κ1) is 20.3. The summed E-state index contributed by atoms with van der Waals surface area (Å²) in [6.07, 6.45) is -1.13. The second-order valence-electron chi connectivity index (χ2n) is 6.35. The minimum absolute atomic E-state index is 0.00757. The molecule has 0 spiro atoms. The summed E-state index contributed by atoms with van der Waals surface area (Å²) >= 11 is 0. The molecule has 1 atom stereocenters. The van der Waals surface area contributed by atoms with Gasteiger partial charge in [0.2, 0.25) is 0 Å². The van der Waals surface area contributed by atoms with Crippen LogP contribution in [0, 0.1) is 19.7 Å². The molecule has 6 heteroatoms. The molecule has 0 heterocycles. The van der Waals surface area contributed by atoms with Crippen molar-refractivity contribution in [2.45, 2.75) is 39.7 Å². The van der Waals surface area contributed by atoms with Gasteiger partial charge in [-0.05, 0) is 62.2 Å². The van der Waals surface area contributed by atoms with Crippen molar-refractivity contribution in [1.29, 1.82) is 0 Å². The maximum Gasteiger partial charge on any atom is 0.307 e. The molecule has 27 heavy (non-hydrogen) atoms. The van der Waals surface area contributed by atoms with E-state index in [1.165, 1.54) is 31.2 Å². The Morgan fingerprint density at radius 1 is 1.00 bits per heavy atom. The maximum absolute atomic E-state index is 12.9. The van der Waals surface area contributed by atoms with Crippen molar-refractivity contribution >= 4 is 23.3 Å². The van der Waals surface area contributed by atoms with Crippen LogP contribution in [0.4, 0.5) is 10.1 Å². The van der Waals surface area contributed by atoms with Crippen LogP contribution in [0.25, 0.3) is 0 Å². The van der Waals surface area contributed by atoms with Crippen molar-refractivity contribution in [3.05, 3.63) is 65.0 Å². The van der Waals surface area contributed by atoms with Crippen molar-refractivity contribution in [3.63, 3.8) is 0 Å². The molecule has 0 aliphatic carbocycles. The standard InChI is InChI=1S/C21H22FNO4/c1-13-4-5-16(12-14(13)2)19(24)10-11-20(25)27-15(3)21(26)23-18-8-6-17(22)7-9-18/h4-9,12,15H,10-11H2,1-3H3,(H,23,26)/t15-/m1/s1. The van der Waals surface area contributed by atoms with E-state index in [9.17, 15) is 18.8 Å². The van der Waals surface area contributed by atoms with Gasteiger partial charge in [0.05, 0.1) is 6.42 Å². The molecule has 0 aliphatic rings. The highest BCUT2D eigenvalue weighted by atomic mass is 19.1. The van der Waals surface area contributed by atoms with Gasteiger partial charge in [0.25, 0.3) is 5.91 Å². The number of aryl methyl sites for hydroxylation is 2. The lowest BCUT2D eigenvalue weighted by atomic mass is 10.0. The number of ketones is 1. The third-order valence-electron chi connectivity index (χ3n) is 4.17. The number of halogens is 1. The van der Waals surface area contributed by atoms with Gasteiger partial charge < -0.3 is 10.1 Å². The molecule has 1 amide bonds. The lowest BCUT2D eigenvalue weighted by molar-refractivity contribution is -0.153. The molecule has 5 nitrogen and oxygen atoms in total. The average molecular weight is 371 g/mol. The van der Waals surface area contributed by atoms with E-state index in [-0.39, 0.29) is 18.6 Å². The molecule has 0 bridgehead atoms. The second kappa shape index (κ2) is 9.07. The van der Waals surface area contributed by atoms with Gasteiger partial charge in [0, 0.05) is 17.7 Å². The zero-order valence-corrected chi connectivity index (χ0v) is 15.5. The van der Waals surface area contributed by atoms with Crippen molar-refractivity contribution in [3.8, 4) is 0 Å².